The number of hydrogen-bond donors (Lipinski definition) is 4. The summed E-state index contributed by atoms with van der Waals surface area (Å²) in [5.41, 5.74) is 2.37. The Morgan fingerprint density at radius 2 is 1.79 bits per heavy atom. The van der Waals surface area contributed by atoms with E-state index >= 15 is 0 Å². The number of amides is 1. The van der Waals surface area contributed by atoms with Crippen LogP contribution in [0, 0.1) is 19.3 Å². The molecule has 0 fully saturated rings. The van der Waals surface area contributed by atoms with Crippen molar-refractivity contribution in [2.24, 2.45) is 0 Å². The molecule has 1 aromatic carbocycles. The van der Waals surface area contributed by atoms with Crippen LogP contribution in [0.3, 0.4) is 0 Å². The maximum atomic E-state index is 13.2. The molecule has 2 aromatic rings. The number of rotatable bonds is 13. The van der Waals surface area contributed by atoms with Gasteiger partial charge in [-0.25, -0.2) is 9.78 Å². The van der Waals surface area contributed by atoms with Gasteiger partial charge in [0.15, 0.2) is 23.9 Å². The van der Waals surface area contributed by atoms with Gasteiger partial charge >= 0.3 is 5.97 Å². The molecule has 5 N–H and O–H groups in total. The summed E-state index contributed by atoms with van der Waals surface area (Å²) in [6.07, 6.45) is 1.81. The second-order valence-electron chi connectivity index (χ2n) is 9.42. The largest absolute Gasteiger partial charge is 0.454 e. The summed E-state index contributed by atoms with van der Waals surface area (Å²) < 4.78 is 6.44. The summed E-state index contributed by atoms with van der Waals surface area (Å²) in [6, 6.07) is 4.49. The van der Waals surface area contributed by atoms with Gasteiger partial charge in [-0.1, -0.05) is 39.0 Å². The van der Waals surface area contributed by atoms with E-state index in [2.05, 4.69) is 15.6 Å². The molecule has 11 heteroatoms. The van der Waals surface area contributed by atoms with Crippen LogP contribution in [-0.2, 0) is 14.3 Å². The number of nitrogens with one attached hydrogen (secondary N) is 3. The van der Waals surface area contributed by atoms with Crippen LogP contribution in [0.15, 0.2) is 29.2 Å². The van der Waals surface area contributed by atoms with Crippen molar-refractivity contribution in [1.29, 1.82) is 5.41 Å². The zero-order chi connectivity index (χ0) is 28.6. The number of aryl methyl sites for hydroxylation is 2. The molecule has 38 heavy (non-hydrogen) atoms. The van der Waals surface area contributed by atoms with Gasteiger partial charge in [0.2, 0.25) is 5.91 Å². The number of ketones is 1. The average Bonchev–Trinajstić information content (AvgIpc) is 2.86. The number of carbonyl (C=O) groups is 3. The van der Waals surface area contributed by atoms with E-state index in [1.54, 1.807) is 39.8 Å². The number of Topliss-reactive ketones (excluding diaryl/α,β-unsaturated/α-hetero) is 1. The Morgan fingerprint density at radius 3 is 2.34 bits per heavy atom. The third-order valence-electron chi connectivity index (χ3n) is 5.98. The summed E-state index contributed by atoms with van der Waals surface area (Å²) in [7, 11) is 0. The average molecular weight is 526 g/mol. The minimum Gasteiger partial charge on any atom is -0.454 e. The second-order valence-corrected chi connectivity index (χ2v) is 9.42. The van der Waals surface area contributed by atoms with Crippen LogP contribution >= 0.6 is 0 Å². The first-order valence-corrected chi connectivity index (χ1v) is 12.4. The molecule has 1 aromatic heterocycles. The molecule has 0 spiro atoms. The predicted molar refractivity (Wildman–Crippen MR) is 145 cm³/mol. The topological polar surface area (TPSA) is 169 Å². The lowest BCUT2D eigenvalue weighted by Crippen LogP contribution is -2.45. The van der Waals surface area contributed by atoms with Crippen molar-refractivity contribution >= 4 is 34.9 Å². The highest BCUT2D eigenvalue weighted by Crippen LogP contribution is 2.17. The molecule has 0 aliphatic heterocycles. The molecule has 0 radical (unpaired) electrons. The molecule has 1 unspecified atom stereocenters. The highest BCUT2D eigenvalue weighted by Gasteiger charge is 2.24. The fraction of sp³-hybridized carbons (Fsp3) is 0.444. The van der Waals surface area contributed by atoms with Crippen molar-refractivity contribution in [1.82, 2.24) is 14.9 Å². The van der Waals surface area contributed by atoms with Gasteiger partial charge in [-0.05, 0) is 37.3 Å². The first kappa shape index (κ1) is 30.1. The molecule has 1 atom stereocenters. The molecule has 204 valence electrons. The molecule has 0 saturated heterocycles. The van der Waals surface area contributed by atoms with E-state index in [0.717, 1.165) is 11.1 Å². The van der Waals surface area contributed by atoms with Gasteiger partial charge in [-0.3, -0.25) is 29.8 Å². The zero-order valence-electron chi connectivity index (χ0n) is 22.8. The summed E-state index contributed by atoms with van der Waals surface area (Å²) >= 11 is 0. The molecule has 11 nitrogen and oxygen atoms in total. The molecular weight excluding hydrogens is 488 g/mol. The highest BCUT2D eigenvalue weighted by molar-refractivity contribution is 6.38. The monoisotopic (exact) mass is 525 g/mol. The number of hydrogen-bond acceptors (Lipinski definition) is 8. The number of nitrogens with two attached hydrogens (primary N) is 1. The molecule has 0 bridgehead atoms. The van der Waals surface area contributed by atoms with Crippen LogP contribution in [-0.4, -0.2) is 58.3 Å². The number of carbonyl (C=O) groups excluding carboxylic acids is 3. The zero-order valence-corrected chi connectivity index (χ0v) is 22.8. The molecule has 0 aliphatic rings. The van der Waals surface area contributed by atoms with Crippen LogP contribution in [0.5, 0.6) is 0 Å². The van der Waals surface area contributed by atoms with Gasteiger partial charge in [0, 0.05) is 13.1 Å². The lowest BCUT2D eigenvalue weighted by molar-refractivity contribution is -0.128. The van der Waals surface area contributed by atoms with E-state index in [1.807, 2.05) is 19.9 Å². The van der Waals surface area contributed by atoms with Crippen molar-refractivity contribution in [3.05, 3.63) is 57.1 Å². The van der Waals surface area contributed by atoms with Crippen molar-refractivity contribution in [2.45, 2.75) is 59.9 Å². The van der Waals surface area contributed by atoms with E-state index in [0.29, 0.717) is 17.0 Å². The van der Waals surface area contributed by atoms with Gasteiger partial charge in [-0.2, -0.15) is 0 Å². The van der Waals surface area contributed by atoms with Gasteiger partial charge in [-0.15, -0.1) is 0 Å². The highest BCUT2D eigenvalue weighted by atomic mass is 16.5. The SMILES string of the molecule is CCC(C(=O)NCC(=O)COC(=O)c1c(C)cccc1C)n1cc(C(C)C)nc(NCC(=N)C(C)=[NH2+])c1=O. The normalized spacial score (nSPS) is 11.6. The van der Waals surface area contributed by atoms with E-state index in [9.17, 15) is 19.2 Å². The Hall–Kier alpha value is -4.15. The molecule has 0 saturated carbocycles. The van der Waals surface area contributed by atoms with Crippen LogP contribution in [0.2, 0.25) is 0 Å². The minimum atomic E-state index is -0.907. The van der Waals surface area contributed by atoms with Crippen LogP contribution in [0.25, 0.3) is 0 Å². The predicted octanol–water partition coefficient (Wildman–Crippen LogP) is 1.13. The summed E-state index contributed by atoms with van der Waals surface area (Å²) in [5, 5.41) is 18.9. The third kappa shape index (κ3) is 7.67. The second kappa shape index (κ2) is 13.4. The van der Waals surface area contributed by atoms with Crippen LogP contribution in [0.1, 0.15) is 73.3 Å². The number of anilines is 1. The molecule has 2 rings (SSSR count). The van der Waals surface area contributed by atoms with Crippen molar-refractivity contribution < 1.29 is 24.5 Å². The number of esters is 1. The van der Waals surface area contributed by atoms with Crippen molar-refractivity contribution in [3.63, 3.8) is 0 Å². The molecule has 1 amide bonds. The summed E-state index contributed by atoms with van der Waals surface area (Å²) in [4.78, 5) is 55.3. The number of aromatic nitrogens is 2. The number of nitrogens with zero attached hydrogens (tertiary/aromatic N) is 2. The first-order valence-electron chi connectivity index (χ1n) is 12.4. The van der Waals surface area contributed by atoms with Gasteiger partial charge < -0.3 is 15.4 Å². The van der Waals surface area contributed by atoms with E-state index in [-0.39, 0.29) is 37.0 Å². The Bertz CT molecular complexity index is 1280. The van der Waals surface area contributed by atoms with Crippen molar-refractivity contribution in [3.8, 4) is 0 Å². The van der Waals surface area contributed by atoms with Crippen LogP contribution < -0.4 is 21.6 Å². The molecular formula is C27H37N6O5+. The van der Waals surface area contributed by atoms with E-state index in [4.69, 9.17) is 15.6 Å². The van der Waals surface area contributed by atoms with Gasteiger partial charge in [0.1, 0.15) is 11.8 Å². The standard InChI is InChI=1S/C27H36N6O5/c1-7-22(33-13-21(15(2)3)32-24(26(33)36)30-12-20(29)18(6)28)25(35)31-11-19(34)14-38-27(37)23-16(4)9-8-10-17(23)5/h8-10,13,15,22,28-29H,7,11-12,14H2,1-6H3,(H,30,32)(H,31,35)/p+1. The first-order chi connectivity index (χ1) is 17.9. The smallest absolute Gasteiger partial charge is 0.339 e. The Labute approximate surface area is 222 Å². The quantitative estimate of drug-likeness (QED) is 0.224. The molecule has 1 heterocycles. The van der Waals surface area contributed by atoms with Gasteiger partial charge in [0.05, 0.1) is 24.3 Å². The Balaban J connectivity index is 2.12. The Kier molecular flexibility index (Phi) is 10.6. The maximum Gasteiger partial charge on any atom is 0.339 e. The van der Waals surface area contributed by atoms with Crippen LogP contribution in [0.4, 0.5) is 5.82 Å². The summed E-state index contributed by atoms with van der Waals surface area (Å²) in [6.45, 7) is 9.86. The van der Waals surface area contributed by atoms with Crippen molar-refractivity contribution in [2.75, 3.05) is 25.0 Å². The third-order valence-corrected chi connectivity index (χ3v) is 5.98. The lowest BCUT2D eigenvalue weighted by atomic mass is 10.0. The maximum absolute atomic E-state index is 13.2. The van der Waals surface area contributed by atoms with E-state index in [1.165, 1.54) is 10.8 Å². The minimum absolute atomic E-state index is 0.00272. The fourth-order valence-electron chi connectivity index (χ4n) is 3.68. The van der Waals surface area contributed by atoms with E-state index < -0.39 is 35.9 Å². The summed E-state index contributed by atoms with van der Waals surface area (Å²) in [5.74, 6) is -1.67. The number of ether oxygens (including phenoxy) is 1. The Morgan fingerprint density at radius 1 is 1.16 bits per heavy atom. The van der Waals surface area contributed by atoms with Gasteiger partial charge in [0.25, 0.3) is 5.56 Å². The number of benzene rings is 1. The fourth-order valence-corrected chi connectivity index (χ4v) is 3.68. The molecule has 0 aliphatic carbocycles. The lowest BCUT2D eigenvalue weighted by Gasteiger charge is -2.20.